The molecule has 0 fully saturated rings. The van der Waals surface area contributed by atoms with Crippen LogP contribution in [0.4, 0.5) is 10.5 Å². The van der Waals surface area contributed by atoms with Crippen molar-refractivity contribution < 1.29 is 4.79 Å². The SMILES string of the molecule is NCCNC(=O)Nc1cccc(Br)c1. The fraction of sp³-hybridized carbons (Fsp3) is 0.222. The van der Waals surface area contributed by atoms with Gasteiger partial charge in [0.1, 0.15) is 0 Å². The lowest BCUT2D eigenvalue weighted by Crippen LogP contribution is -2.32. The maximum atomic E-state index is 11.2. The Hall–Kier alpha value is -1.07. The Balaban J connectivity index is 2.47. The van der Waals surface area contributed by atoms with Crippen molar-refractivity contribution in [2.45, 2.75) is 0 Å². The minimum atomic E-state index is -0.242. The fourth-order valence-corrected chi connectivity index (χ4v) is 1.33. The van der Waals surface area contributed by atoms with E-state index in [4.69, 9.17) is 5.73 Å². The zero-order valence-electron chi connectivity index (χ0n) is 7.59. The second-order valence-electron chi connectivity index (χ2n) is 2.68. The second-order valence-corrected chi connectivity index (χ2v) is 3.60. The van der Waals surface area contributed by atoms with Gasteiger partial charge in [0.25, 0.3) is 0 Å². The number of urea groups is 1. The fourth-order valence-electron chi connectivity index (χ4n) is 0.927. The van der Waals surface area contributed by atoms with E-state index in [0.29, 0.717) is 13.1 Å². The van der Waals surface area contributed by atoms with Crippen molar-refractivity contribution >= 4 is 27.6 Å². The number of amides is 2. The van der Waals surface area contributed by atoms with Gasteiger partial charge in [0.15, 0.2) is 0 Å². The van der Waals surface area contributed by atoms with Gasteiger partial charge in [-0.25, -0.2) is 4.79 Å². The third-order valence-corrected chi connectivity index (χ3v) is 2.01. The average Bonchev–Trinajstić information content (AvgIpc) is 2.15. The summed E-state index contributed by atoms with van der Waals surface area (Å²) in [7, 11) is 0. The van der Waals surface area contributed by atoms with E-state index in [1.54, 1.807) is 0 Å². The van der Waals surface area contributed by atoms with Gasteiger partial charge < -0.3 is 16.4 Å². The number of anilines is 1. The Bertz CT molecular complexity index is 317. The van der Waals surface area contributed by atoms with Crippen molar-refractivity contribution in [3.05, 3.63) is 28.7 Å². The first kappa shape index (κ1) is 11.0. The molecule has 76 valence electrons. The molecule has 0 spiro atoms. The third-order valence-electron chi connectivity index (χ3n) is 1.51. The van der Waals surface area contributed by atoms with Crippen molar-refractivity contribution in [1.29, 1.82) is 0 Å². The monoisotopic (exact) mass is 257 g/mol. The van der Waals surface area contributed by atoms with E-state index >= 15 is 0 Å². The van der Waals surface area contributed by atoms with Crippen LogP contribution in [-0.2, 0) is 0 Å². The van der Waals surface area contributed by atoms with Crippen LogP contribution in [0.25, 0.3) is 0 Å². The van der Waals surface area contributed by atoms with Crippen LogP contribution in [0, 0.1) is 0 Å². The van der Waals surface area contributed by atoms with Crippen molar-refractivity contribution in [2.24, 2.45) is 5.73 Å². The Kier molecular flexibility index (Phi) is 4.42. The predicted molar refractivity (Wildman–Crippen MR) is 60.2 cm³/mol. The summed E-state index contributed by atoms with van der Waals surface area (Å²) < 4.78 is 0.925. The van der Waals surface area contributed by atoms with Crippen LogP contribution in [0.5, 0.6) is 0 Å². The Morgan fingerprint density at radius 3 is 2.93 bits per heavy atom. The zero-order valence-corrected chi connectivity index (χ0v) is 9.17. The maximum Gasteiger partial charge on any atom is 0.319 e. The average molecular weight is 258 g/mol. The molecule has 0 atom stereocenters. The van der Waals surface area contributed by atoms with Crippen LogP contribution < -0.4 is 16.4 Å². The van der Waals surface area contributed by atoms with Crippen LogP contribution in [0.3, 0.4) is 0 Å². The molecule has 0 aliphatic carbocycles. The van der Waals surface area contributed by atoms with Crippen molar-refractivity contribution in [3.8, 4) is 0 Å². The van der Waals surface area contributed by atoms with E-state index in [1.165, 1.54) is 0 Å². The number of carbonyl (C=O) groups is 1. The number of hydrogen-bond donors (Lipinski definition) is 3. The van der Waals surface area contributed by atoms with Crippen molar-refractivity contribution in [2.75, 3.05) is 18.4 Å². The lowest BCUT2D eigenvalue weighted by molar-refractivity contribution is 0.252. The Morgan fingerprint density at radius 1 is 1.50 bits per heavy atom. The van der Waals surface area contributed by atoms with Gasteiger partial charge in [0, 0.05) is 23.2 Å². The molecule has 0 radical (unpaired) electrons. The molecular weight excluding hydrogens is 246 g/mol. The molecule has 0 aliphatic rings. The molecule has 5 heteroatoms. The normalized spacial score (nSPS) is 9.57. The van der Waals surface area contributed by atoms with Crippen molar-refractivity contribution in [1.82, 2.24) is 5.32 Å². The number of nitrogens with one attached hydrogen (secondary N) is 2. The van der Waals surface area contributed by atoms with Gasteiger partial charge in [0.05, 0.1) is 0 Å². The summed E-state index contributed by atoms with van der Waals surface area (Å²) >= 11 is 3.31. The molecule has 0 heterocycles. The molecule has 2 amide bonds. The van der Waals surface area contributed by atoms with Gasteiger partial charge in [-0.1, -0.05) is 22.0 Å². The lowest BCUT2D eigenvalue weighted by atomic mass is 10.3. The lowest BCUT2D eigenvalue weighted by Gasteiger charge is -2.06. The van der Waals surface area contributed by atoms with Crippen LogP contribution >= 0.6 is 15.9 Å². The van der Waals surface area contributed by atoms with Crippen molar-refractivity contribution in [3.63, 3.8) is 0 Å². The highest BCUT2D eigenvalue weighted by molar-refractivity contribution is 9.10. The van der Waals surface area contributed by atoms with E-state index in [1.807, 2.05) is 24.3 Å². The molecule has 1 aromatic carbocycles. The number of carbonyl (C=O) groups excluding carboxylic acids is 1. The zero-order chi connectivity index (χ0) is 10.4. The van der Waals surface area contributed by atoms with E-state index in [-0.39, 0.29) is 6.03 Å². The van der Waals surface area contributed by atoms with E-state index in [2.05, 4.69) is 26.6 Å². The smallest absolute Gasteiger partial charge is 0.319 e. The summed E-state index contributed by atoms with van der Waals surface area (Å²) in [6, 6.07) is 7.13. The largest absolute Gasteiger partial charge is 0.337 e. The molecule has 0 bridgehead atoms. The number of rotatable bonds is 3. The number of halogens is 1. The number of benzene rings is 1. The predicted octanol–water partition coefficient (Wildman–Crippen LogP) is 1.53. The molecular formula is C9H12BrN3O. The second kappa shape index (κ2) is 5.62. The minimum Gasteiger partial charge on any atom is -0.337 e. The summed E-state index contributed by atoms with van der Waals surface area (Å²) in [5.41, 5.74) is 5.99. The molecule has 4 nitrogen and oxygen atoms in total. The molecule has 0 saturated heterocycles. The first-order valence-electron chi connectivity index (χ1n) is 4.23. The van der Waals surface area contributed by atoms with Gasteiger partial charge >= 0.3 is 6.03 Å². The summed E-state index contributed by atoms with van der Waals surface area (Å²) in [5.74, 6) is 0. The first-order chi connectivity index (χ1) is 6.72. The minimum absolute atomic E-state index is 0.242. The highest BCUT2D eigenvalue weighted by Crippen LogP contribution is 2.15. The van der Waals surface area contributed by atoms with Gasteiger partial charge in [-0.05, 0) is 18.2 Å². The highest BCUT2D eigenvalue weighted by Gasteiger charge is 1.99. The van der Waals surface area contributed by atoms with E-state index < -0.39 is 0 Å². The molecule has 1 rings (SSSR count). The van der Waals surface area contributed by atoms with E-state index in [9.17, 15) is 4.79 Å². The molecule has 14 heavy (non-hydrogen) atoms. The van der Waals surface area contributed by atoms with E-state index in [0.717, 1.165) is 10.2 Å². The molecule has 0 unspecified atom stereocenters. The van der Waals surface area contributed by atoms with Gasteiger partial charge in [0.2, 0.25) is 0 Å². The highest BCUT2D eigenvalue weighted by atomic mass is 79.9. The number of hydrogen-bond acceptors (Lipinski definition) is 2. The maximum absolute atomic E-state index is 11.2. The van der Waals surface area contributed by atoms with Crippen LogP contribution in [0.1, 0.15) is 0 Å². The van der Waals surface area contributed by atoms with Crippen LogP contribution in [0.15, 0.2) is 28.7 Å². The molecule has 1 aromatic rings. The molecule has 0 saturated carbocycles. The quantitative estimate of drug-likeness (QED) is 0.769. The van der Waals surface area contributed by atoms with Gasteiger partial charge in [-0.15, -0.1) is 0 Å². The summed E-state index contributed by atoms with van der Waals surface area (Å²) in [5, 5.41) is 5.29. The standard InChI is InChI=1S/C9H12BrN3O/c10-7-2-1-3-8(6-7)13-9(14)12-5-4-11/h1-3,6H,4-5,11H2,(H2,12,13,14). The van der Waals surface area contributed by atoms with Crippen LogP contribution in [-0.4, -0.2) is 19.1 Å². The summed E-state index contributed by atoms with van der Waals surface area (Å²) in [6.07, 6.45) is 0. The molecule has 0 aromatic heterocycles. The Labute approximate surface area is 91.0 Å². The van der Waals surface area contributed by atoms with Gasteiger partial charge in [-0.2, -0.15) is 0 Å². The molecule has 0 aliphatic heterocycles. The first-order valence-corrected chi connectivity index (χ1v) is 5.02. The third kappa shape index (κ3) is 3.76. The Morgan fingerprint density at radius 2 is 2.29 bits per heavy atom. The van der Waals surface area contributed by atoms with Gasteiger partial charge in [-0.3, -0.25) is 0 Å². The summed E-state index contributed by atoms with van der Waals surface area (Å²) in [4.78, 5) is 11.2. The summed E-state index contributed by atoms with van der Waals surface area (Å²) in [6.45, 7) is 0.908. The molecule has 4 N–H and O–H groups in total. The topological polar surface area (TPSA) is 67.1 Å². The van der Waals surface area contributed by atoms with Crippen LogP contribution in [0.2, 0.25) is 0 Å². The number of nitrogens with two attached hydrogens (primary N) is 1.